The molecule has 1 aromatic heterocycles. The van der Waals surface area contributed by atoms with Crippen LogP contribution in [0, 0.1) is 17.9 Å². The predicted octanol–water partition coefficient (Wildman–Crippen LogP) is 2.97. The summed E-state index contributed by atoms with van der Waals surface area (Å²) in [5.74, 6) is 0.908. The molecule has 0 N–H and O–H groups in total. The Labute approximate surface area is 99.3 Å². The minimum Gasteiger partial charge on any atom is -0.305 e. The van der Waals surface area contributed by atoms with Gasteiger partial charge in [-0.2, -0.15) is 5.26 Å². The summed E-state index contributed by atoms with van der Waals surface area (Å²) >= 11 is 1.61. The van der Waals surface area contributed by atoms with Gasteiger partial charge >= 0.3 is 0 Å². The van der Waals surface area contributed by atoms with E-state index in [2.05, 4.69) is 15.9 Å². The highest BCUT2D eigenvalue weighted by molar-refractivity contribution is 7.99. The molecule has 1 aromatic rings. The van der Waals surface area contributed by atoms with Crippen LogP contribution in [0.5, 0.6) is 0 Å². The highest BCUT2D eigenvalue weighted by Gasteiger charge is 2.53. The zero-order valence-corrected chi connectivity index (χ0v) is 9.84. The molecule has 0 aliphatic heterocycles. The summed E-state index contributed by atoms with van der Waals surface area (Å²) in [7, 11) is 0. The lowest BCUT2D eigenvalue weighted by molar-refractivity contribution is 0.863. The Morgan fingerprint density at radius 2 is 2.44 bits per heavy atom. The third-order valence-electron chi connectivity index (χ3n) is 2.73. The van der Waals surface area contributed by atoms with Gasteiger partial charge in [0.25, 0.3) is 5.54 Å². The number of aromatic nitrogens is 1. The van der Waals surface area contributed by atoms with E-state index < -0.39 is 0 Å². The molecule has 0 unspecified atom stereocenters. The maximum absolute atomic E-state index is 8.93. The molecule has 1 heterocycles. The highest BCUT2D eigenvalue weighted by atomic mass is 32.2. The molecule has 0 spiro atoms. The fourth-order valence-corrected chi connectivity index (χ4v) is 2.39. The van der Waals surface area contributed by atoms with Crippen molar-refractivity contribution < 1.29 is 0 Å². The van der Waals surface area contributed by atoms with E-state index in [0.29, 0.717) is 5.69 Å². The lowest BCUT2D eigenvalue weighted by atomic mass is 10.1. The van der Waals surface area contributed by atoms with Crippen molar-refractivity contribution in [2.75, 3.05) is 5.75 Å². The average molecular weight is 229 g/mol. The summed E-state index contributed by atoms with van der Waals surface area (Å²) in [6, 6.07) is 4.05. The third-order valence-corrected chi connectivity index (χ3v) is 3.64. The minimum absolute atomic E-state index is 0.329. The van der Waals surface area contributed by atoms with E-state index in [-0.39, 0.29) is 5.54 Å². The first-order valence-corrected chi connectivity index (χ1v) is 6.16. The quantitative estimate of drug-likeness (QED) is 0.591. The first-order valence-electron chi connectivity index (χ1n) is 5.18. The molecule has 1 saturated carbocycles. The Morgan fingerprint density at radius 1 is 1.69 bits per heavy atom. The van der Waals surface area contributed by atoms with Gasteiger partial charge < -0.3 is 4.85 Å². The van der Waals surface area contributed by atoms with Crippen LogP contribution < -0.4 is 0 Å². The fraction of sp³-hybridized carbons (Fsp3) is 0.417. The molecule has 2 rings (SSSR count). The number of pyridine rings is 1. The van der Waals surface area contributed by atoms with Gasteiger partial charge in [0, 0.05) is 23.9 Å². The average Bonchev–Trinajstić information content (AvgIpc) is 3.10. The zero-order valence-electron chi connectivity index (χ0n) is 9.03. The van der Waals surface area contributed by atoms with Crippen molar-refractivity contribution in [1.82, 2.24) is 4.98 Å². The largest absolute Gasteiger partial charge is 0.305 e. The van der Waals surface area contributed by atoms with Crippen LogP contribution in [0.25, 0.3) is 4.85 Å². The molecule has 0 bridgehead atoms. The Morgan fingerprint density at radius 3 is 2.94 bits per heavy atom. The van der Waals surface area contributed by atoms with Gasteiger partial charge in [-0.05, 0) is 11.8 Å². The summed E-state index contributed by atoms with van der Waals surface area (Å²) in [6.07, 6.45) is 3.52. The van der Waals surface area contributed by atoms with Crippen molar-refractivity contribution >= 4 is 11.8 Å². The summed E-state index contributed by atoms with van der Waals surface area (Å²) < 4.78 is 0. The molecule has 0 saturated heterocycles. The predicted molar refractivity (Wildman–Crippen MR) is 62.9 cm³/mol. The summed E-state index contributed by atoms with van der Waals surface area (Å²) in [5, 5.41) is 8.93. The Hall–Kier alpha value is -1.52. The standard InChI is InChI=1S/C12H11N3S/c1-3-16-11-6-9(8-15-10(11)7-13)12(14-2)4-5-12/h6,8H,3-5H2,1H3. The molecular formula is C12H11N3S. The van der Waals surface area contributed by atoms with E-state index >= 15 is 0 Å². The molecule has 1 fully saturated rings. The van der Waals surface area contributed by atoms with Crippen molar-refractivity contribution in [2.45, 2.75) is 30.2 Å². The summed E-state index contributed by atoms with van der Waals surface area (Å²) in [5.41, 5.74) is 1.11. The van der Waals surface area contributed by atoms with E-state index in [1.165, 1.54) is 0 Å². The van der Waals surface area contributed by atoms with Crippen LogP contribution in [0.1, 0.15) is 31.0 Å². The van der Waals surface area contributed by atoms with Crippen LogP contribution >= 0.6 is 11.8 Å². The van der Waals surface area contributed by atoms with Crippen LogP contribution in [-0.2, 0) is 5.54 Å². The molecule has 3 nitrogen and oxygen atoms in total. The SMILES string of the molecule is [C-]#[N+]C1(c2cnc(C#N)c(SCC)c2)CC1. The second-order valence-corrected chi connectivity index (χ2v) is 5.06. The van der Waals surface area contributed by atoms with Gasteiger partial charge in [0.05, 0.1) is 5.56 Å². The van der Waals surface area contributed by atoms with Gasteiger partial charge in [-0.15, -0.1) is 11.8 Å². The third kappa shape index (κ3) is 1.77. The number of rotatable bonds is 3. The first-order chi connectivity index (χ1) is 7.75. The molecule has 0 atom stereocenters. The zero-order chi connectivity index (χ0) is 11.6. The van der Waals surface area contributed by atoms with E-state index in [4.69, 9.17) is 11.8 Å². The maximum Gasteiger partial charge on any atom is 0.259 e. The molecule has 1 aliphatic carbocycles. The molecule has 16 heavy (non-hydrogen) atoms. The topological polar surface area (TPSA) is 41.0 Å². The van der Waals surface area contributed by atoms with Crippen molar-refractivity contribution in [2.24, 2.45) is 0 Å². The number of nitrogens with zero attached hydrogens (tertiary/aromatic N) is 3. The Kier molecular flexibility index (Phi) is 2.85. The normalized spacial score (nSPS) is 16.2. The molecule has 4 heteroatoms. The number of hydrogen-bond acceptors (Lipinski definition) is 3. The van der Waals surface area contributed by atoms with Gasteiger partial charge in [0.1, 0.15) is 6.07 Å². The van der Waals surface area contributed by atoms with Crippen molar-refractivity contribution in [1.29, 1.82) is 5.26 Å². The second-order valence-electron chi connectivity index (χ2n) is 3.76. The van der Waals surface area contributed by atoms with Crippen LogP contribution in [0.2, 0.25) is 0 Å². The Bertz CT molecular complexity index is 492. The van der Waals surface area contributed by atoms with Crippen molar-refractivity contribution in [3.63, 3.8) is 0 Å². The molecule has 1 aliphatic rings. The minimum atomic E-state index is -0.329. The summed E-state index contributed by atoms with van der Waals surface area (Å²) in [4.78, 5) is 8.72. The fourth-order valence-electron chi connectivity index (χ4n) is 1.63. The second kappa shape index (κ2) is 4.15. The lowest BCUT2D eigenvalue weighted by Gasteiger charge is -2.06. The van der Waals surface area contributed by atoms with Crippen molar-refractivity contribution in [3.8, 4) is 6.07 Å². The van der Waals surface area contributed by atoms with Gasteiger partial charge in [-0.25, -0.2) is 11.6 Å². The monoisotopic (exact) mass is 229 g/mol. The van der Waals surface area contributed by atoms with Crippen LogP contribution in [0.4, 0.5) is 0 Å². The van der Waals surface area contributed by atoms with Gasteiger partial charge in [0.2, 0.25) is 0 Å². The van der Waals surface area contributed by atoms with Gasteiger partial charge in [0.15, 0.2) is 5.69 Å². The van der Waals surface area contributed by atoms with E-state index in [1.807, 2.05) is 13.0 Å². The molecule has 0 amide bonds. The maximum atomic E-state index is 8.93. The van der Waals surface area contributed by atoms with Crippen molar-refractivity contribution in [3.05, 3.63) is 34.9 Å². The highest BCUT2D eigenvalue weighted by Crippen LogP contribution is 2.50. The van der Waals surface area contributed by atoms with Crippen LogP contribution in [-0.4, -0.2) is 10.7 Å². The van der Waals surface area contributed by atoms with Gasteiger partial charge in [-0.3, -0.25) is 0 Å². The van der Waals surface area contributed by atoms with Crippen LogP contribution in [0.15, 0.2) is 17.2 Å². The molecular weight excluding hydrogens is 218 g/mol. The molecule has 0 aromatic carbocycles. The van der Waals surface area contributed by atoms with E-state index in [0.717, 1.165) is 29.1 Å². The van der Waals surface area contributed by atoms with E-state index in [9.17, 15) is 0 Å². The number of nitriles is 1. The Balaban J connectivity index is 2.41. The summed E-state index contributed by atoms with van der Waals surface area (Å²) in [6.45, 7) is 9.24. The number of thioether (sulfide) groups is 1. The van der Waals surface area contributed by atoms with E-state index in [1.54, 1.807) is 18.0 Å². The lowest BCUT2D eigenvalue weighted by Crippen LogP contribution is -2.02. The smallest absolute Gasteiger partial charge is 0.259 e. The van der Waals surface area contributed by atoms with Crippen LogP contribution in [0.3, 0.4) is 0 Å². The van der Waals surface area contributed by atoms with Gasteiger partial charge in [-0.1, -0.05) is 6.92 Å². The molecule has 0 radical (unpaired) electrons. The molecule has 80 valence electrons. The first kappa shape index (κ1) is 11.0. The number of hydrogen-bond donors (Lipinski definition) is 0.